The van der Waals surface area contributed by atoms with Crippen LogP contribution in [0, 0.1) is 5.41 Å². The van der Waals surface area contributed by atoms with Gasteiger partial charge in [0.15, 0.2) is 5.78 Å². The predicted molar refractivity (Wildman–Crippen MR) is 54.7 cm³/mol. The molecule has 0 aromatic heterocycles. The van der Waals surface area contributed by atoms with E-state index in [1.807, 2.05) is 6.92 Å². The number of carbonyl (C=O) groups excluding carboxylic acids is 1. The molecule has 0 spiro atoms. The van der Waals surface area contributed by atoms with Crippen LogP contribution in [0.15, 0.2) is 0 Å². The number of Topliss-reactive ketones (excluding diaryl/α,β-unsaturated/α-hetero) is 1. The first-order chi connectivity index (χ1) is 7.13. The zero-order chi connectivity index (χ0) is 11.3. The SMILES string of the molecule is CCCCCC1(C(=O)O)COCCC1=O. The number of aliphatic carboxylic acids is 1. The molecule has 86 valence electrons. The number of ether oxygens (including phenoxy) is 1. The highest BCUT2D eigenvalue weighted by Crippen LogP contribution is 2.31. The Morgan fingerprint density at radius 1 is 1.53 bits per heavy atom. The van der Waals surface area contributed by atoms with Crippen molar-refractivity contribution in [2.75, 3.05) is 13.2 Å². The van der Waals surface area contributed by atoms with E-state index < -0.39 is 11.4 Å². The number of carboxylic acids is 1. The fourth-order valence-corrected chi connectivity index (χ4v) is 1.91. The monoisotopic (exact) mass is 214 g/mol. The fourth-order valence-electron chi connectivity index (χ4n) is 1.91. The molecule has 1 rings (SSSR count). The summed E-state index contributed by atoms with van der Waals surface area (Å²) in [5.41, 5.74) is -1.26. The van der Waals surface area contributed by atoms with E-state index in [9.17, 15) is 9.59 Å². The molecule has 1 fully saturated rings. The van der Waals surface area contributed by atoms with Crippen molar-refractivity contribution in [1.82, 2.24) is 0 Å². The van der Waals surface area contributed by atoms with Crippen molar-refractivity contribution in [1.29, 1.82) is 0 Å². The van der Waals surface area contributed by atoms with Crippen LogP contribution >= 0.6 is 0 Å². The second kappa shape index (κ2) is 5.26. The fraction of sp³-hybridized carbons (Fsp3) is 0.818. The van der Waals surface area contributed by atoms with Crippen LogP contribution in [-0.2, 0) is 14.3 Å². The van der Waals surface area contributed by atoms with Gasteiger partial charge in [-0.2, -0.15) is 0 Å². The van der Waals surface area contributed by atoms with E-state index in [1.54, 1.807) is 0 Å². The molecule has 4 nitrogen and oxygen atoms in total. The minimum atomic E-state index is -1.26. The number of ketones is 1. The molecule has 1 unspecified atom stereocenters. The summed E-state index contributed by atoms with van der Waals surface area (Å²) in [6.07, 6.45) is 3.40. The second-order valence-corrected chi connectivity index (χ2v) is 4.07. The first-order valence-corrected chi connectivity index (χ1v) is 5.48. The third kappa shape index (κ3) is 2.56. The van der Waals surface area contributed by atoms with Crippen LogP contribution < -0.4 is 0 Å². The third-order valence-corrected chi connectivity index (χ3v) is 2.97. The molecule has 0 bridgehead atoms. The standard InChI is InChI=1S/C11H18O4/c1-2-3-4-6-11(10(13)14)8-15-7-5-9(11)12/h2-8H2,1H3,(H,13,14). The molecule has 0 aliphatic carbocycles. The number of rotatable bonds is 5. The molecule has 1 heterocycles. The lowest BCUT2D eigenvalue weighted by atomic mass is 9.77. The van der Waals surface area contributed by atoms with E-state index >= 15 is 0 Å². The van der Waals surface area contributed by atoms with Crippen molar-refractivity contribution < 1.29 is 19.4 Å². The van der Waals surface area contributed by atoms with Gasteiger partial charge in [0.25, 0.3) is 0 Å². The summed E-state index contributed by atoms with van der Waals surface area (Å²) in [5, 5.41) is 9.16. The van der Waals surface area contributed by atoms with Crippen molar-refractivity contribution in [3.63, 3.8) is 0 Å². The van der Waals surface area contributed by atoms with Gasteiger partial charge in [0.2, 0.25) is 0 Å². The van der Waals surface area contributed by atoms with Gasteiger partial charge in [-0.15, -0.1) is 0 Å². The van der Waals surface area contributed by atoms with Crippen molar-refractivity contribution in [2.45, 2.75) is 39.0 Å². The summed E-state index contributed by atoms with van der Waals surface area (Å²) < 4.78 is 5.15. The highest BCUT2D eigenvalue weighted by Gasteiger charge is 2.47. The van der Waals surface area contributed by atoms with E-state index in [0.717, 1.165) is 19.3 Å². The summed E-state index contributed by atoms with van der Waals surface area (Å²) in [6, 6.07) is 0. The highest BCUT2D eigenvalue weighted by atomic mass is 16.5. The molecule has 0 aromatic rings. The van der Waals surface area contributed by atoms with E-state index in [4.69, 9.17) is 9.84 Å². The van der Waals surface area contributed by atoms with Gasteiger partial charge in [-0.1, -0.05) is 26.2 Å². The van der Waals surface area contributed by atoms with Crippen LogP contribution in [-0.4, -0.2) is 30.1 Å². The predicted octanol–water partition coefficient (Wildman–Crippen LogP) is 1.63. The Hall–Kier alpha value is -0.900. The molecular weight excluding hydrogens is 196 g/mol. The first kappa shape index (κ1) is 12.2. The van der Waals surface area contributed by atoms with Crippen molar-refractivity contribution in [3.05, 3.63) is 0 Å². The number of unbranched alkanes of at least 4 members (excludes halogenated alkanes) is 2. The molecule has 1 atom stereocenters. The Bertz CT molecular complexity index is 249. The Kier molecular flexibility index (Phi) is 4.27. The molecule has 0 radical (unpaired) electrons. The van der Waals surface area contributed by atoms with Gasteiger partial charge in [-0.25, -0.2) is 0 Å². The molecule has 15 heavy (non-hydrogen) atoms. The topological polar surface area (TPSA) is 63.6 Å². The summed E-state index contributed by atoms with van der Waals surface area (Å²) >= 11 is 0. The molecule has 0 aromatic carbocycles. The van der Waals surface area contributed by atoms with Gasteiger partial charge in [0, 0.05) is 6.42 Å². The molecule has 1 N–H and O–H groups in total. The Labute approximate surface area is 89.6 Å². The molecule has 1 aliphatic heterocycles. The Balaban J connectivity index is 2.68. The maximum atomic E-state index is 11.7. The highest BCUT2D eigenvalue weighted by molar-refractivity contribution is 6.03. The zero-order valence-electron chi connectivity index (χ0n) is 9.12. The average molecular weight is 214 g/mol. The normalized spacial score (nSPS) is 26.6. The van der Waals surface area contributed by atoms with E-state index in [2.05, 4.69) is 0 Å². The van der Waals surface area contributed by atoms with E-state index in [0.29, 0.717) is 13.0 Å². The molecule has 4 heteroatoms. The minimum absolute atomic E-state index is 0.0465. The van der Waals surface area contributed by atoms with Crippen molar-refractivity contribution in [3.8, 4) is 0 Å². The lowest BCUT2D eigenvalue weighted by Gasteiger charge is -2.31. The van der Waals surface area contributed by atoms with Gasteiger partial charge in [-0.3, -0.25) is 9.59 Å². The summed E-state index contributed by atoms with van der Waals surface area (Å²) in [4.78, 5) is 22.9. The Morgan fingerprint density at radius 2 is 2.27 bits per heavy atom. The molecular formula is C11H18O4. The van der Waals surface area contributed by atoms with E-state index in [1.165, 1.54) is 0 Å². The van der Waals surface area contributed by atoms with Crippen molar-refractivity contribution in [2.24, 2.45) is 5.41 Å². The third-order valence-electron chi connectivity index (χ3n) is 2.97. The number of carbonyl (C=O) groups is 2. The largest absolute Gasteiger partial charge is 0.480 e. The molecule has 1 aliphatic rings. The quantitative estimate of drug-likeness (QED) is 0.558. The maximum Gasteiger partial charge on any atom is 0.319 e. The first-order valence-electron chi connectivity index (χ1n) is 5.48. The number of hydrogen-bond donors (Lipinski definition) is 1. The van der Waals surface area contributed by atoms with Crippen LogP contribution in [0.5, 0.6) is 0 Å². The van der Waals surface area contributed by atoms with Crippen LogP contribution in [0.4, 0.5) is 0 Å². The lowest BCUT2D eigenvalue weighted by Crippen LogP contribution is -2.47. The summed E-state index contributed by atoms with van der Waals surface area (Å²) in [5.74, 6) is -1.19. The average Bonchev–Trinajstić information content (AvgIpc) is 2.21. The number of carboxylic acid groups (broad SMARTS) is 1. The van der Waals surface area contributed by atoms with Crippen LogP contribution in [0.3, 0.4) is 0 Å². The lowest BCUT2D eigenvalue weighted by molar-refractivity contribution is -0.165. The number of hydrogen-bond acceptors (Lipinski definition) is 3. The zero-order valence-corrected chi connectivity index (χ0v) is 9.12. The van der Waals surface area contributed by atoms with Crippen LogP contribution in [0.25, 0.3) is 0 Å². The minimum Gasteiger partial charge on any atom is -0.480 e. The molecule has 0 saturated carbocycles. The Morgan fingerprint density at radius 3 is 2.80 bits per heavy atom. The molecule has 1 saturated heterocycles. The van der Waals surface area contributed by atoms with Crippen LogP contribution in [0.1, 0.15) is 39.0 Å². The van der Waals surface area contributed by atoms with Gasteiger partial charge in [0.05, 0.1) is 13.2 Å². The van der Waals surface area contributed by atoms with Gasteiger partial charge in [0.1, 0.15) is 5.41 Å². The van der Waals surface area contributed by atoms with Gasteiger partial charge >= 0.3 is 5.97 Å². The van der Waals surface area contributed by atoms with Gasteiger partial charge in [-0.05, 0) is 6.42 Å². The second-order valence-electron chi connectivity index (χ2n) is 4.07. The summed E-state index contributed by atoms with van der Waals surface area (Å²) in [6.45, 7) is 2.46. The van der Waals surface area contributed by atoms with Crippen molar-refractivity contribution >= 4 is 11.8 Å². The van der Waals surface area contributed by atoms with Crippen LogP contribution in [0.2, 0.25) is 0 Å². The molecule has 0 amide bonds. The maximum absolute atomic E-state index is 11.7. The van der Waals surface area contributed by atoms with Gasteiger partial charge < -0.3 is 9.84 Å². The summed E-state index contributed by atoms with van der Waals surface area (Å²) in [7, 11) is 0. The van der Waals surface area contributed by atoms with E-state index in [-0.39, 0.29) is 18.8 Å². The smallest absolute Gasteiger partial charge is 0.319 e.